The number of ether oxygens (including phenoxy) is 1. The van der Waals surface area contributed by atoms with Crippen LogP contribution in [0.15, 0.2) is 0 Å². The molecule has 1 aliphatic rings. The third-order valence-electron chi connectivity index (χ3n) is 1.78. The van der Waals surface area contributed by atoms with Gasteiger partial charge >= 0.3 is 0 Å². The van der Waals surface area contributed by atoms with Gasteiger partial charge in [0.2, 0.25) is 0 Å². The molecule has 0 atom stereocenters. The predicted molar refractivity (Wildman–Crippen MR) is 41.8 cm³/mol. The van der Waals surface area contributed by atoms with E-state index in [1.807, 2.05) is 0 Å². The summed E-state index contributed by atoms with van der Waals surface area (Å²) in [5, 5.41) is 3.30. The van der Waals surface area contributed by atoms with Crippen LogP contribution in [-0.2, 0) is 25.8 Å². The zero-order valence-corrected chi connectivity index (χ0v) is 8.85. The molecule has 3 heteroatoms. The first kappa shape index (κ1) is 11.6. The summed E-state index contributed by atoms with van der Waals surface area (Å²) in [6.07, 6.45) is 3.73. The molecule has 0 aliphatic carbocycles. The molecule has 1 fully saturated rings. The van der Waals surface area contributed by atoms with Crippen LogP contribution in [0.4, 0.5) is 0 Å². The second-order valence-corrected chi connectivity index (χ2v) is 2.67. The van der Waals surface area contributed by atoms with Gasteiger partial charge in [0, 0.05) is 27.7 Å². The molecule has 1 aliphatic heterocycles. The van der Waals surface area contributed by atoms with E-state index in [-0.39, 0.29) is 21.1 Å². The first-order valence-electron chi connectivity index (χ1n) is 4.05. The fourth-order valence-corrected chi connectivity index (χ4v) is 1.21. The number of hydrogen-bond acceptors (Lipinski definition) is 2. The number of rotatable bonds is 3. The molecule has 0 aromatic rings. The summed E-state index contributed by atoms with van der Waals surface area (Å²) in [4.78, 5) is 0. The molecule has 1 rings (SSSR count). The van der Waals surface area contributed by atoms with Crippen LogP contribution < -0.4 is 5.32 Å². The molecule has 2 nitrogen and oxygen atoms in total. The van der Waals surface area contributed by atoms with Crippen molar-refractivity contribution in [2.45, 2.75) is 25.4 Å². The Morgan fingerprint density at radius 2 is 2.00 bits per heavy atom. The fraction of sp³-hybridized carbons (Fsp3) is 0.875. The maximum Gasteiger partial charge on any atom is 0.0598 e. The summed E-state index contributed by atoms with van der Waals surface area (Å²) in [7, 11) is 0. The topological polar surface area (TPSA) is 21.3 Å². The Kier molecular flexibility index (Phi) is 7.67. The van der Waals surface area contributed by atoms with Gasteiger partial charge in [-0.3, -0.25) is 0 Å². The largest absolute Gasteiger partial charge is 0.381 e. The average molecular weight is 238 g/mol. The Morgan fingerprint density at radius 1 is 1.36 bits per heavy atom. The normalized spacial score (nSPS) is 19.4. The number of hydrogen-bond donors (Lipinski definition) is 1. The maximum absolute atomic E-state index is 5.53. The van der Waals surface area contributed by atoms with Crippen LogP contribution in [0.3, 0.4) is 0 Å². The molecule has 0 aromatic carbocycles. The quantitative estimate of drug-likeness (QED) is 0.584. The third-order valence-corrected chi connectivity index (χ3v) is 1.78. The van der Waals surface area contributed by atoms with E-state index in [0.29, 0.717) is 6.10 Å². The number of piperidine rings is 1. The molecular formula is C8H16MoNO-. The molecule has 0 spiro atoms. The van der Waals surface area contributed by atoms with Crippen LogP contribution in [-0.4, -0.2) is 25.8 Å². The average Bonchev–Trinajstić information content (AvgIpc) is 2.03. The zero-order valence-electron chi connectivity index (χ0n) is 6.84. The Morgan fingerprint density at radius 3 is 2.55 bits per heavy atom. The minimum Gasteiger partial charge on any atom is -0.381 e. The van der Waals surface area contributed by atoms with E-state index in [0.717, 1.165) is 26.1 Å². The van der Waals surface area contributed by atoms with E-state index >= 15 is 0 Å². The molecule has 1 saturated heterocycles. The molecule has 0 unspecified atom stereocenters. The molecule has 0 bridgehead atoms. The van der Waals surface area contributed by atoms with Crippen molar-refractivity contribution in [2.75, 3.05) is 19.7 Å². The molecular weight excluding hydrogens is 222 g/mol. The van der Waals surface area contributed by atoms with Crippen LogP contribution in [0, 0.1) is 6.92 Å². The molecule has 1 N–H and O–H groups in total. The first-order chi connectivity index (χ1) is 4.93. The SMILES string of the molecule is [CH2-]CCOC1CCNCC1.[Mo]. The van der Waals surface area contributed by atoms with Crippen LogP contribution in [0.1, 0.15) is 19.3 Å². The summed E-state index contributed by atoms with van der Waals surface area (Å²) < 4.78 is 5.53. The molecule has 1 heterocycles. The van der Waals surface area contributed by atoms with Crippen LogP contribution in [0.2, 0.25) is 0 Å². The summed E-state index contributed by atoms with van der Waals surface area (Å²) in [6.45, 7) is 6.78. The van der Waals surface area contributed by atoms with Crippen molar-refractivity contribution in [3.63, 3.8) is 0 Å². The van der Waals surface area contributed by atoms with Crippen molar-refractivity contribution in [3.8, 4) is 0 Å². The second kappa shape index (κ2) is 7.27. The fourth-order valence-electron chi connectivity index (χ4n) is 1.21. The first-order valence-corrected chi connectivity index (χ1v) is 4.05. The Labute approximate surface area is 83.3 Å². The van der Waals surface area contributed by atoms with Gasteiger partial charge in [-0.25, -0.2) is 0 Å². The summed E-state index contributed by atoms with van der Waals surface area (Å²) in [5.74, 6) is 0. The smallest absolute Gasteiger partial charge is 0.0598 e. The molecule has 0 aromatic heterocycles. The van der Waals surface area contributed by atoms with Gasteiger partial charge in [0.05, 0.1) is 6.10 Å². The summed E-state index contributed by atoms with van der Waals surface area (Å²) >= 11 is 0. The van der Waals surface area contributed by atoms with Crippen molar-refractivity contribution in [1.82, 2.24) is 5.32 Å². The maximum atomic E-state index is 5.53. The Hall–Kier alpha value is 0.608. The summed E-state index contributed by atoms with van der Waals surface area (Å²) in [5.41, 5.74) is 0. The van der Waals surface area contributed by atoms with Crippen LogP contribution in [0.25, 0.3) is 0 Å². The molecule has 11 heavy (non-hydrogen) atoms. The molecule has 0 amide bonds. The second-order valence-electron chi connectivity index (χ2n) is 2.67. The van der Waals surface area contributed by atoms with Gasteiger partial charge in [0.25, 0.3) is 0 Å². The zero-order chi connectivity index (χ0) is 7.23. The van der Waals surface area contributed by atoms with Gasteiger partial charge in [0.15, 0.2) is 0 Å². The van der Waals surface area contributed by atoms with E-state index in [1.54, 1.807) is 0 Å². The van der Waals surface area contributed by atoms with Crippen molar-refractivity contribution >= 4 is 0 Å². The van der Waals surface area contributed by atoms with Gasteiger partial charge < -0.3 is 17.0 Å². The van der Waals surface area contributed by atoms with Crippen LogP contribution >= 0.6 is 0 Å². The van der Waals surface area contributed by atoms with Crippen molar-refractivity contribution in [2.24, 2.45) is 0 Å². The summed E-state index contributed by atoms with van der Waals surface area (Å²) in [6, 6.07) is 0. The monoisotopic (exact) mass is 240 g/mol. The van der Waals surface area contributed by atoms with Gasteiger partial charge in [-0.15, -0.1) is 0 Å². The van der Waals surface area contributed by atoms with Gasteiger partial charge in [0.1, 0.15) is 0 Å². The third kappa shape index (κ3) is 4.95. The van der Waals surface area contributed by atoms with E-state index in [2.05, 4.69) is 12.2 Å². The molecule has 0 radical (unpaired) electrons. The molecule has 0 saturated carbocycles. The Balaban J connectivity index is 0.000001000. The minimum absolute atomic E-state index is 0. The van der Waals surface area contributed by atoms with Crippen molar-refractivity contribution < 1.29 is 25.8 Å². The standard InChI is InChI=1S/C8H16NO.Mo/c1-2-7-10-8-3-5-9-6-4-8;/h8-9H,1-7H2;/q-1;. The van der Waals surface area contributed by atoms with Gasteiger partial charge in [-0.2, -0.15) is 6.42 Å². The number of nitrogens with one attached hydrogen (secondary N) is 1. The Bertz CT molecular complexity index is 84.2. The van der Waals surface area contributed by atoms with E-state index in [4.69, 9.17) is 4.74 Å². The van der Waals surface area contributed by atoms with Gasteiger partial charge in [-0.05, 0) is 25.9 Å². The van der Waals surface area contributed by atoms with Crippen molar-refractivity contribution in [3.05, 3.63) is 6.92 Å². The van der Waals surface area contributed by atoms with E-state index < -0.39 is 0 Å². The van der Waals surface area contributed by atoms with Crippen LogP contribution in [0.5, 0.6) is 0 Å². The van der Waals surface area contributed by atoms with Gasteiger partial charge in [-0.1, -0.05) is 0 Å². The predicted octanol–water partition coefficient (Wildman–Crippen LogP) is 0.977. The van der Waals surface area contributed by atoms with Crippen molar-refractivity contribution in [1.29, 1.82) is 0 Å². The van der Waals surface area contributed by atoms with E-state index in [9.17, 15) is 0 Å². The molecule has 66 valence electrons. The minimum atomic E-state index is 0. The van der Waals surface area contributed by atoms with E-state index in [1.165, 1.54) is 12.8 Å².